The molecule has 1 fully saturated rings. The molecule has 42 heavy (non-hydrogen) atoms. The van der Waals surface area contributed by atoms with Crippen molar-refractivity contribution >= 4 is 0 Å². The maximum Gasteiger partial charge on any atom is 0.127 e. The molecular weight excluding hydrogens is 526 g/mol. The van der Waals surface area contributed by atoms with Crippen molar-refractivity contribution in [3.8, 4) is 0 Å². The van der Waals surface area contributed by atoms with E-state index in [1.807, 2.05) is 0 Å². The van der Waals surface area contributed by atoms with Gasteiger partial charge in [-0.2, -0.15) is 0 Å². The molecule has 2 heterocycles. The Balaban J connectivity index is 1.94. The first kappa shape index (κ1) is 34.8. The Kier molecular flexibility index (Phi) is 16.2. The Morgan fingerprint density at radius 1 is 0.643 bits per heavy atom. The number of hydrogen-bond donors (Lipinski definition) is 0. The Morgan fingerprint density at radius 2 is 1.19 bits per heavy atom. The lowest BCUT2D eigenvalue weighted by Gasteiger charge is -2.46. The zero-order valence-electron chi connectivity index (χ0n) is 27.4. The predicted octanol–water partition coefficient (Wildman–Crippen LogP) is 7.99. The van der Waals surface area contributed by atoms with Gasteiger partial charge >= 0.3 is 0 Å². The summed E-state index contributed by atoms with van der Waals surface area (Å²) in [6.07, 6.45) is 9.08. The Labute approximate surface area is 256 Å². The number of rotatable bonds is 21. The zero-order chi connectivity index (χ0) is 30.2. The number of unbranched alkanes of at least 4 members (excludes halogenated alkanes) is 4. The van der Waals surface area contributed by atoms with Crippen LogP contribution in [0.2, 0.25) is 0 Å². The fourth-order valence-corrected chi connectivity index (χ4v) is 5.53. The molecule has 0 bridgehead atoms. The zero-order valence-corrected chi connectivity index (χ0v) is 27.4. The molecule has 1 saturated heterocycles. The summed E-state index contributed by atoms with van der Waals surface area (Å²) in [5.41, 5.74) is 5.05. The number of benzene rings is 1. The van der Waals surface area contributed by atoms with Gasteiger partial charge in [0, 0.05) is 51.3 Å². The van der Waals surface area contributed by atoms with E-state index in [1.54, 1.807) is 0 Å². The van der Waals surface area contributed by atoms with Crippen molar-refractivity contribution in [1.29, 1.82) is 0 Å². The Bertz CT molecular complexity index is 974. The molecule has 0 aliphatic carbocycles. The number of nitrogens with zero attached hydrogens (tertiary/aromatic N) is 1. The Hall–Kier alpha value is -1.70. The summed E-state index contributed by atoms with van der Waals surface area (Å²) in [4.78, 5) is 0. The number of aromatic nitrogens is 1. The molecule has 6 heteroatoms. The van der Waals surface area contributed by atoms with E-state index >= 15 is 0 Å². The van der Waals surface area contributed by atoms with Crippen LogP contribution in [0.5, 0.6) is 0 Å². The van der Waals surface area contributed by atoms with Crippen molar-refractivity contribution in [2.24, 2.45) is 7.05 Å². The van der Waals surface area contributed by atoms with Crippen LogP contribution >= 0.6 is 0 Å². The molecule has 1 aromatic heterocycles. The minimum absolute atomic E-state index is 0.233. The van der Waals surface area contributed by atoms with Crippen LogP contribution in [0.1, 0.15) is 115 Å². The Morgan fingerprint density at radius 3 is 1.79 bits per heavy atom. The molecule has 0 radical (unpaired) electrons. The fraction of sp³-hybridized carbons (Fsp3) is 0.722. The van der Waals surface area contributed by atoms with Crippen LogP contribution in [0.15, 0.2) is 36.4 Å². The maximum atomic E-state index is 6.97. The number of hydrogen-bond acceptors (Lipinski definition) is 5. The van der Waals surface area contributed by atoms with Crippen molar-refractivity contribution in [3.05, 3.63) is 58.9 Å². The molecule has 1 aliphatic rings. The highest BCUT2D eigenvalue weighted by Crippen LogP contribution is 2.38. The normalized spacial score (nSPS) is 22.6. The third-order valence-electron chi connectivity index (χ3n) is 8.36. The van der Waals surface area contributed by atoms with Crippen LogP contribution in [0.4, 0.5) is 0 Å². The first-order valence-corrected chi connectivity index (χ1v) is 16.9. The molecule has 0 N–H and O–H groups in total. The molecular formula is C36H59NO5. The van der Waals surface area contributed by atoms with Gasteiger partial charge in [0.2, 0.25) is 0 Å². The summed E-state index contributed by atoms with van der Waals surface area (Å²) in [7, 11) is 2.15. The quantitative estimate of drug-likeness (QED) is 0.139. The van der Waals surface area contributed by atoms with E-state index < -0.39 is 0 Å². The molecule has 1 aliphatic heterocycles. The first-order chi connectivity index (χ1) is 20.6. The van der Waals surface area contributed by atoms with Crippen LogP contribution in [0.3, 0.4) is 0 Å². The monoisotopic (exact) mass is 585 g/mol. The van der Waals surface area contributed by atoms with E-state index in [0.29, 0.717) is 26.4 Å². The van der Waals surface area contributed by atoms with Gasteiger partial charge in [-0.25, -0.2) is 0 Å². The van der Waals surface area contributed by atoms with Gasteiger partial charge in [0.1, 0.15) is 30.5 Å². The minimum Gasteiger partial charge on any atom is -0.379 e. The van der Waals surface area contributed by atoms with Crippen molar-refractivity contribution in [2.45, 2.75) is 129 Å². The third kappa shape index (κ3) is 10.2. The van der Waals surface area contributed by atoms with Crippen molar-refractivity contribution in [3.63, 3.8) is 0 Å². The predicted molar refractivity (Wildman–Crippen MR) is 171 cm³/mol. The van der Waals surface area contributed by atoms with Crippen molar-refractivity contribution < 1.29 is 23.7 Å². The smallest absolute Gasteiger partial charge is 0.127 e. The lowest BCUT2D eigenvalue weighted by atomic mass is 9.92. The first-order valence-electron chi connectivity index (χ1n) is 16.9. The highest BCUT2D eigenvalue weighted by Gasteiger charge is 2.49. The average molecular weight is 586 g/mol. The molecule has 238 valence electrons. The minimum atomic E-state index is -0.277. The van der Waals surface area contributed by atoms with Gasteiger partial charge in [-0.15, -0.1) is 0 Å². The number of ether oxygens (including phenoxy) is 5. The molecule has 3 rings (SSSR count). The van der Waals surface area contributed by atoms with E-state index in [2.05, 4.69) is 82.6 Å². The lowest BCUT2D eigenvalue weighted by Crippen LogP contribution is -2.59. The third-order valence-corrected chi connectivity index (χ3v) is 8.36. The topological polar surface area (TPSA) is 51.1 Å². The highest BCUT2D eigenvalue weighted by atomic mass is 16.6. The molecule has 2 aromatic rings. The van der Waals surface area contributed by atoms with Gasteiger partial charge in [-0.05, 0) is 55.4 Å². The molecule has 0 amide bonds. The van der Waals surface area contributed by atoms with E-state index in [4.69, 9.17) is 23.7 Å². The van der Waals surface area contributed by atoms with E-state index in [9.17, 15) is 0 Å². The van der Waals surface area contributed by atoms with Crippen molar-refractivity contribution in [1.82, 2.24) is 4.57 Å². The molecule has 5 atom stereocenters. The van der Waals surface area contributed by atoms with Crippen molar-refractivity contribution in [2.75, 3.05) is 33.0 Å². The summed E-state index contributed by atoms with van der Waals surface area (Å²) in [6, 6.07) is 13.4. The molecule has 1 aromatic carbocycles. The maximum absolute atomic E-state index is 6.97. The summed E-state index contributed by atoms with van der Waals surface area (Å²) in [6.45, 7) is 14.2. The highest BCUT2D eigenvalue weighted by molar-refractivity contribution is 5.29. The van der Waals surface area contributed by atoms with Crippen LogP contribution in [0.25, 0.3) is 0 Å². The van der Waals surface area contributed by atoms with Gasteiger partial charge < -0.3 is 28.3 Å². The van der Waals surface area contributed by atoms with Crippen LogP contribution in [-0.4, -0.2) is 62.0 Å². The molecule has 2 unspecified atom stereocenters. The van der Waals surface area contributed by atoms with Crippen LogP contribution in [0, 0.1) is 0 Å². The SMILES string of the molecule is CCCCOCC1OC(c2ccc(Cc3ccc(CC)cc3)n2C)[C@H](OCCCC)[C@@H](OCCCC)[C@@H]1OCCCC. The second kappa shape index (κ2) is 19.6. The van der Waals surface area contributed by atoms with Crippen LogP contribution < -0.4 is 0 Å². The van der Waals surface area contributed by atoms with Crippen LogP contribution in [-0.2, 0) is 43.6 Å². The van der Waals surface area contributed by atoms with Gasteiger partial charge in [-0.1, -0.05) is 84.6 Å². The van der Waals surface area contributed by atoms with E-state index in [-0.39, 0.29) is 30.5 Å². The van der Waals surface area contributed by atoms with E-state index in [1.165, 1.54) is 16.8 Å². The number of aryl methyl sites for hydroxylation is 1. The van der Waals surface area contributed by atoms with Gasteiger partial charge in [0.05, 0.1) is 6.61 Å². The molecule has 0 saturated carbocycles. The second-order valence-electron chi connectivity index (χ2n) is 11.7. The summed E-state index contributed by atoms with van der Waals surface area (Å²) in [5, 5.41) is 0. The van der Waals surface area contributed by atoms with Gasteiger partial charge in [-0.3, -0.25) is 0 Å². The summed E-state index contributed by atoms with van der Waals surface area (Å²) >= 11 is 0. The van der Waals surface area contributed by atoms with Gasteiger partial charge in [0.15, 0.2) is 0 Å². The standard InChI is InChI=1S/C36H59NO5/c1-7-12-22-38-27-32-34(39-23-13-8-2)36(41-25-15-10-4)35(40-24-14-9-3)33(42-32)31-21-20-30(37(31)6)26-29-18-16-28(11-5)17-19-29/h16-21,32-36H,7-15,22-27H2,1-6H3/t32?,33?,34-,35+,36+/m1/s1. The molecule has 0 spiro atoms. The summed E-state index contributed by atoms with van der Waals surface area (Å²) < 4.78 is 35.4. The summed E-state index contributed by atoms with van der Waals surface area (Å²) in [5.74, 6) is 0. The average Bonchev–Trinajstić information content (AvgIpc) is 3.36. The second-order valence-corrected chi connectivity index (χ2v) is 11.7. The van der Waals surface area contributed by atoms with E-state index in [0.717, 1.165) is 76.5 Å². The van der Waals surface area contributed by atoms with Gasteiger partial charge in [0.25, 0.3) is 0 Å². The fourth-order valence-electron chi connectivity index (χ4n) is 5.53. The molecule has 6 nitrogen and oxygen atoms in total. The lowest BCUT2D eigenvalue weighted by molar-refractivity contribution is -0.269. The largest absolute Gasteiger partial charge is 0.379 e.